The standard InChI is InChI=1S/C14H19NO2/c1-2-11-7-13(11)9-15-8-10-3-5-12(6-4-10)14(16)17/h3-6,11,13,15H,2,7-9H2,1H3,(H,16,17)/t11-,13+/m1/s1. The maximum atomic E-state index is 10.7. The van der Waals surface area contributed by atoms with Crippen LogP contribution < -0.4 is 5.32 Å². The molecule has 0 aliphatic heterocycles. The molecule has 92 valence electrons. The van der Waals surface area contributed by atoms with Gasteiger partial charge >= 0.3 is 5.97 Å². The van der Waals surface area contributed by atoms with Gasteiger partial charge in [-0.25, -0.2) is 4.79 Å². The van der Waals surface area contributed by atoms with Crippen molar-refractivity contribution in [3.05, 3.63) is 35.4 Å². The molecule has 0 radical (unpaired) electrons. The molecule has 0 saturated heterocycles. The van der Waals surface area contributed by atoms with Gasteiger partial charge in [-0.15, -0.1) is 0 Å². The molecule has 1 fully saturated rings. The lowest BCUT2D eigenvalue weighted by Gasteiger charge is -2.04. The quantitative estimate of drug-likeness (QED) is 0.793. The van der Waals surface area contributed by atoms with Gasteiger partial charge in [0, 0.05) is 6.54 Å². The number of rotatable bonds is 6. The highest BCUT2D eigenvalue weighted by atomic mass is 16.4. The minimum atomic E-state index is -0.867. The third-order valence-corrected chi connectivity index (χ3v) is 3.53. The van der Waals surface area contributed by atoms with Gasteiger partial charge in [-0.3, -0.25) is 0 Å². The van der Waals surface area contributed by atoms with E-state index in [1.54, 1.807) is 12.1 Å². The van der Waals surface area contributed by atoms with E-state index in [1.165, 1.54) is 12.8 Å². The molecular formula is C14H19NO2. The van der Waals surface area contributed by atoms with Crippen LogP contribution in [0.2, 0.25) is 0 Å². The van der Waals surface area contributed by atoms with E-state index in [0.29, 0.717) is 5.56 Å². The maximum absolute atomic E-state index is 10.7. The SMILES string of the molecule is CC[C@@H]1C[C@H]1CNCc1ccc(C(=O)O)cc1. The van der Waals surface area contributed by atoms with E-state index in [-0.39, 0.29) is 0 Å². The zero-order valence-electron chi connectivity index (χ0n) is 10.1. The van der Waals surface area contributed by atoms with Crippen LogP contribution in [0.15, 0.2) is 24.3 Å². The van der Waals surface area contributed by atoms with E-state index in [1.807, 2.05) is 12.1 Å². The van der Waals surface area contributed by atoms with E-state index in [9.17, 15) is 4.79 Å². The number of carboxylic acids is 1. The molecule has 3 heteroatoms. The molecule has 0 unspecified atom stereocenters. The Morgan fingerprint density at radius 3 is 2.59 bits per heavy atom. The van der Waals surface area contributed by atoms with Crippen LogP contribution in [-0.2, 0) is 6.54 Å². The summed E-state index contributed by atoms with van der Waals surface area (Å²) in [5, 5.41) is 12.2. The molecule has 17 heavy (non-hydrogen) atoms. The fourth-order valence-electron chi connectivity index (χ4n) is 2.23. The lowest BCUT2D eigenvalue weighted by Crippen LogP contribution is -2.17. The van der Waals surface area contributed by atoms with Crippen molar-refractivity contribution in [2.45, 2.75) is 26.3 Å². The maximum Gasteiger partial charge on any atom is 0.335 e. The molecule has 1 aliphatic rings. The van der Waals surface area contributed by atoms with Gasteiger partial charge in [0.25, 0.3) is 0 Å². The fourth-order valence-corrected chi connectivity index (χ4v) is 2.23. The predicted octanol–water partition coefficient (Wildman–Crippen LogP) is 2.52. The number of hydrogen-bond donors (Lipinski definition) is 2. The first kappa shape index (κ1) is 12.1. The summed E-state index contributed by atoms with van der Waals surface area (Å²) in [5.41, 5.74) is 1.49. The van der Waals surface area contributed by atoms with E-state index < -0.39 is 5.97 Å². The number of carboxylic acid groups (broad SMARTS) is 1. The van der Waals surface area contributed by atoms with Crippen LogP contribution >= 0.6 is 0 Å². The second-order valence-corrected chi connectivity index (χ2v) is 4.80. The summed E-state index contributed by atoms with van der Waals surface area (Å²) in [7, 11) is 0. The van der Waals surface area contributed by atoms with Crippen LogP contribution in [0.3, 0.4) is 0 Å². The van der Waals surface area contributed by atoms with Crippen LogP contribution in [0.4, 0.5) is 0 Å². The van der Waals surface area contributed by atoms with Gasteiger partial charge in [-0.05, 0) is 42.5 Å². The second kappa shape index (κ2) is 5.32. The Kier molecular flexibility index (Phi) is 3.79. The van der Waals surface area contributed by atoms with E-state index in [4.69, 9.17) is 5.11 Å². The summed E-state index contributed by atoms with van der Waals surface area (Å²) >= 11 is 0. The Morgan fingerprint density at radius 1 is 1.35 bits per heavy atom. The molecule has 1 aliphatic carbocycles. The lowest BCUT2D eigenvalue weighted by atomic mass is 10.1. The van der Waals surface area contributed by atoms with Gasteiger partial charge in [-0.1, -0.05) is 25.5 Å². The Labute approximate surface area is 102 Å². The second-order valence-electron chi connectivity index (χ2n) is 4.80. The summed E-state index contributed by atoms with van der Waals surface area (Å²) in [4.78, 5) is 10.7. The van der Waals surface area contributed by atoms with Crippen LogP contribution in [0.5, 0.6) is 0 Å². The van der Waals surface area contributed by atoms with E-state index in [2.05, 4.69) is 12.2 Å². The van der Waals surface area contributed by atoms with E-state index >= 15 is 0 Å². The van der Waals surface area contributed by atoms with Crippen LogP contribution in [0, 0.1) is 11.8 Å². The topological polar surface area (TPSA) is 49.3 Å². The molecule has 2 N–H and O–H groups in total. The van der Waals surface area contributed by atoms with Crippen molar-refractivity contribution >= 4 is 5.97 Å². The highest BCUT2D eigenvalue weighted by molar-refractivity contribution is 5.87. The molecule has 0 aromatic heterocycles. The molecule has 1 aromatic rings. The monoisotopic (exact) mass is 233 g/mol. The largest absolute Gasteiger partial charge is 0.478 e. The van der Waals surface area contributed by atoms with Crippen molar-refractivity contribution in [3.8, 4) is 0 Å². The Bertz CT molecular complexity index is 386. The molecule has 2 rings (SSSR count). The number of aromatic carboxylic acids is 1. The minimum absolute atomic E-state index is 0.349. The Balaban J connectivity index is 1.74. The number of hydrogen-bond acceptors (Lipinski definition) is 2. The third-order valence-electron chi connectivity index (χ3n) is 3.53. The van der Waals surface area contributed by atoms with Crippen molar-refractivity contribution in [3.63, 3.8) is 0 Å². The zero-order valence-corrected chi connectivity index (χ0v) is 10.1. The summed E-state index contributed by atoms with van der Waals surface area (Å²) in [6, 6.07) is 7.07. The number of benzene rings is 1. The molecule has 0 spiro atoms. The first-order chi connectivity index (χ1) is 8.20. The zero-order chi connectivity index (χ0) is 12.3. The molecule has 0 heterocycles. The van der Waals surface area contributed by atoms with Gasteiger partial charge in [0.2, 0.25) is 0 Å². The average molecular weight is 233 g/mol. The summed E-state index contributed by atoms with van der Waals surface area (Å²) in [6.07, 6.45) is 2.65. The molecule has 1 aromatic carbocycles. The van der Waals surface area contributed by atoms with Crippen molar-refractivity contribution in [1.82, 2.24) is 5.32 Å². The molecule has 2 atom stereocenters. The van der Waals surface area contributed by atoms with Crippen LogP contribution in [0.25, 0.3) is 0 Å². The first-order valence-corrected chi connectivity index (χ1v) is 6.23. The highest BCUT2D eigenvalue weighted by Gasteiger charge is 2.34. The molecular weight excluding hydrogens is 214 g/mol. The van der Waals surface area contributed by atoms with Crippen molar-refractivity contribution in [1.29, 1.82) is 0 Å². The smallest absolute Gasteiger partial charge is 0.335 e. The van der Waals surface area contributed by atoms with Crippen LogP contribution in [0.1, 0.15) is 35.7 Å². The summed E-state index contributed by atoms with van der Waals surface area (Å²) in [6.45, 7) is 4.15. The fraction of sp³-hybridized carbons (Fsp3) is 0.500. The van der Waals surface area contributed by atoms with Gasteiger partial charge in [0.1, 0.15) is 0 Å². The van der Waals surface area contributed by atoms with Crippen molar-refractivity contribution < 1.29 is 9.90 Å². The van der Waals surface area contributed by atoms with Crippen molar-refractivity contribution in [2.24, 2.45) is 11.8 Å². The number of carbonyl (C=O) groups is 1. The lowest BCUT2D eigenvalue weighted by molar-refractivity contribution is 0.0697. The molecule has 3 nitrogen and oxygen atoms in total. The van der Waals surface area contributed by atoms with Gasteiger partial charge in [-0.2, -0.15) is 0 Å². The Morgan fingerprint density at radius 2 is 2.06 bits per heavy atom. The van der Waals surface area contributed by atoms with E-state index in [0.717, 1.165) is 30.5 Å². The molecule has 1 saturated carbocycles. The third kappa shape index (κ3) is 3.30. The predicted molar refractivity (Wildman–Crippen MR) is 67.0 cm³/mol. The molecule has 0 amide bonds. The number of nitrogens with one attached hydrogen (secondary N) is 1. The first-order valence-electron chi connectivity index (χ1n) is 6.23. The van der Waals surface area contributed by atoms with Gasteiger partial charge in [0.15, 0.2) is 0 Å². The minimum Gasteiger partial charge on any atom is -0.478 e. The highest BCUT2D eigenvalue weighted by Crippen LogP contribution is 2.40. The summed E-state index contributed by atoms with van der Waals surface area (Å²) < 4.78 is 0. The van der Waals surface area contributed by atoms with Gasteiger partial charge < -0.3 is 10.4 Å². The normalized spacial score (nSPS) is 22.4. The van der Waals surface area contributed by atoms with Gasteiger partial charge in [0.05, 0.1) is 5.56 Å². The van der Waals surface area contributed by atoms with Crippen LogP contribution in [-0.4, -0.2) is 17.6 Å². The summed E-state index contributed by atoms with van der Waals surface area (Å²) in [5.74, 6) is 0.920. The average Bonchev–Trinajstić information content (AvgIpc) is 3.08. The van der Waals surface area contributed by atoms with Crippen molar-refractivity contribution in [2.75, 3.05) is 6.54 Å². The Hall–Kier alpha value is -1.35. The molecule has 0 bridgehead atoms.